The number of benzene rings is 1. The van der Waals surface area contributed by atoms with Crippen molar-refractivity contribution in [2.45, 2.75) is 25.7 Å². The summed E-state index contributed by atoms with van der Waals surface area (Å²) in [7, 11) is -3.51. The molecule has 0 unspecified atom stereocenters. The number of nitrogens with zero attached hydrogens (tertiary/aromatic N) is 2. The minimum atomic E-state index is -3.51. The number of rotatable bonds is 2. The predicted octanol–water partition coefficient (Wildman–Crippen LogP) is 2.07. The Balaban J connectivity index is 2.13. The van der Waals surface area contributed by atoms with Crippen molar-refractivity contribution >= 4 is 33.3 Å². The number of halogens is 1. The molecule has 138 valence electrons. The maximum absolute atomic E-state index is 12.6. The largest absolute Gasteiger partial charge is 0.339 e. The lowest BCUT2D eigenvalue weighted by Gasteiger charge is -2.37. The van der Waals surface area contributed by atoms with Crippen LogP contribution < -0.4 is 0 Å². The summed E-state index contributed by atoms with van der Waals surface area (Å²) in [5, 5.41) is 0.0969. The van der Waals surface area contributed by atoms with Crippen molar-refractivity contribution < 1.29 is 18.0 Å². The standard InChI is InChI=1S/C17H23ClN2O4S/c1-17(2,3)16(22)20-9-7-19(8-10-20)15(21)12-5-6-13(18)14(11-12)25(4,23)24/h5-6,11H,7-10H2,1-4H3. The number of hydrogen-bond acceptors (Lipinski definition) is 4. The molecule has 1 saturated heterocycles. The quantitative estimate of drug-likeness (QED) is 0.779. The van der Waals surface area contributed by atoms with Crippen molar-refractivity contribution in [3.63, 3.8) is 0 Å². The van der Waals surface area contributed by atoms with Crippen LogP contribution in [0, 0.1) is 5.41 Å². The highest BCUT2D eigenvalue weighted by molar-refractivity contribution is 7.90. The minimum absolute atomic E-state index is 0.0541. The van der Waals surface area contributed by atoms with E-state index in [0.717, 1.165) is 6.26 Å². The molecule has 0 radical (unpaired) electrons. The molecule has 0 atom stereocenters. The van der Waals surface area contributed by atoms with Crippen LogP contribution in [0.2, 0.25) is 5.02 Å². The summed E-state index contributed by atoms with van der Waals surface area (Å²) < 4.78 is 23.5. The van der Waals surface area contributed by atoms with Gasteiger partial charge in [0.05, 0.1) is 9.92 Å². The zero-order chi connectivity index (χ0) is 19.0. The Hall–Kier alpha value is -1.60. The van der Waals surface area contributed by atoms with Crippen LogP contribution in [0.15, 0.2) is 23.1 Å². The molecule has 0 saturated carbocycles. The van der Waals surface area contributed by atoms with E-state index < -0.39 is 15.3 Å². The van der Waals surface area contributed by atoms with Gasteiger partial charge in [0.15, 0.2) is 9.84 Å². The number of amides is 2. The van der Waals surface area contributed by atoms with Crippen LogP contribution in [0.3, 0.4) is 0 Å². The lowest BCUT2D eigenvalue weighted by atomic mass is 9.94. The molecule has 0 aliphatic carbocycles. The molecule has 0 N–H and O–H groups in total. The van der Waals surface area contributed by atoms with Gasteiger partial charge in [-0.15, -0.1) is 0 Å². The first-order valence-corrected chi connectivity index (χ1v) is 10.3. The van der Waals surface area contributed by atoms with E-state index in [-0.39, 0.29) is 27.3 Å². The molecule has 6 nitrogen and oxygen atoms in total. The molecular weight excluding hydrogens is 364 g/mol. The smallest absolute Gasteiger partial charge is 0.254 e. The average molecular weight is 387 g/mol. The topological polar surface area (TPSA) is 74.8 Å². The van der Waals surface area contributed by atoms with Crippen molar-refractivity contribution in [1.82, 2.24) is 9.80 Å². The maximum Gasteiger partial charge on any atom is 0.254 e. The van der Waals surface area contributed by atoms with Gasteiger partial charge in [-0.2, -0.15) is 0 Å². The molecule has 0 bridgehead atoms. The molecule has 2 rings (SSSR count). The zero-order valence-electron chi connectivity index (χ0n) is 14.9. The monoisotopic (exact) mass is 386 g/mol. The van der Waals surface area contributed by atoms with Crippen molar-refractivity contribution in [3.05, 3.63) is 28.8 Å². The Morgan fingerprint density at radius 2 is 1.56 bits per heavy atom. The summed E-state index contributed by atoms with van der Waals surface area (Å²) in [6.07, 6.45) is 1.05. The lowest BCUT2D eigenvalue weighted by molar-refractivity contribution is -0.140. The molecule has 0 spiro atoms. The highest BCUT2D eigenvalue weighted by atomic mass is 35.5. The number of hydrogen-bond donors (Lipinski definition) is 0. The molecule has 0 aromatic heterocycles. The Morgan fingerprint density at radius 3 is 2.04 bits per heavy atom. The Kier molecular flexibility index (Phi) is 5.49. The summed E-state index contributed by atoms with van der Waals surface area (Å²) in [6, 6.07) is 4.25. The van der Waals surface area contributed by atoms with Crippen LogP contribution in [0.1, 0.15) is 31.1 Å². The van der Waals surface area contributed by atoms with Crippen molar-refractivity contribution in [1.29, 1.82) is 0 Å². The number of piperazine rings is 1. The van der Waals surface area contributed by atoms with Crippen LogP contribution in [-0.4, -0.2) is 62.5 Å². The summed E-state index contributed by atoms with van der Waals surface area (Å²) in [5.41, 5.74) is -0.173. The van der Waals surface area contributed by atoms with Crippen LogP contribution in [0.5, 0.6) is 0 Å². The van der Waals surface area contributed by atoms with E-state index in [9.17, 15) is 18.0 Å². The molecule has 8 heteroatoms. The summed E-state index contributed by atoms with van der Waals surface area (Å²) in [5.74, 6) is -0.199. The van der Waals surface area contributed by atoms with Gasteiger partial charge in [0, 0.05) is 43.4 Å². The van der Waals surface area contributed by atoms with Gasteiger partial charge in [-0.3, -0.25) is 9.59 Å². The zero-order valence-corrected chi connectivity index (χ0v) is 16.4. The van der Waals surface area contributed by atoms with Gasteiger partial charge >= 0.3 is 0 Å². The third kappa shape index (κ3) is 4.52. The van der Waals surface area contributed by atoms with Gasteiger partial charge < -0.3 is 9.80 Å². The van der Waals surface area contributed by atoms with Gasteiger partial charge in [0.1, 0.15) is 0 Å². The summed E-state index contributed by atoms with van der Waals surface area (Å²) >= 11 is 5.92. The van der Waals surface area contributed by atoms with Crippen LogP contribution in [0.4, 0.5) is 0 Å². The fraction of sp³-hybridized carbons (Fsp3) is 0.529. The fourth-order valence-corrected chi connectivity index (χ4v) is 3.99. The molecule has 1 aromatic carbocycles. The van der Waals surface area contributed by atoms with Gasteiger partial charge in [-0.25, -0.2) is 8.42 Å². The van der Waals surface area contributed by atoms with Crippen LogP contribution in [-0.2, 0) is 14.6 Å². The Morgan fingerprint density at radius 1 is 1.04 bits per heavy atom. The van der Waals surface area contributed by atoms with E-state index in [4.69, 9.17) is 11.6 Å². The van der Waals surface area contributed by atoms with E-state index in [1.165, 1.54) is 18.2 Å². The SMILES string of the molecule is CC(C)(C)C(=O)N1CCN(C(=O)c2ccc(Cl)c(S(C)(=O)=O)c2)CC1. The van der Waals surface area contributed by atoms with E-state index in [1.54, 1.807) is 9.80 Å². The molecule has 2 amide bonds. The Bertz CT molecular complexity index is 791. The summed E-state index contributed by atoms with van der Waals surface area (Å²) in [4.78, 5) is 28.3. The molecule has 1 aromatic rings. The number of carbonyl (C=O) groups is 2. The van der Waals surface area contributed by atoms with E-state index in [0.29, 0.717) is 26.2 Å². The van der Waals surface area contributed by atoms with Gasteiger partial charge in [-0.1, -0.05) is 32.4 Å². The number of carbonyl (C=O) groups excluding carboxylic acids is 2. The van der Waals surface area contributed by atoms with E-state index in [2.05, 4.69) is 0 Å². The normalized spacial score (nSPS) is 16.0. The third-order valence-electron chi connectivity index (χ3n) is 4.07. The average Bonchev–Trinajstić information content (AvgIpc) is 2.52. The van der Waals surface area contributed by atoms with Crippen molar-refractivity contribution in [2.75, 3.05) is 32.4 Å². The van der Waals surface area contributed by atoms with Crippen LogP contribution >= 0.6 is 11.6 Å². The number of sulfone groups is 1. The first-order valence-electron chi connectivity index (χ1n) is 7.99. The van der Waals surface area contributed by atoms with Gasteiger partial charge in [0.2, 0.25) is 5.91 Å². The highest BCUT2D eigenvalue weighted by Crippen LogP contribution is 2.24. The molecular formula is C17H23ClN2O4S. The van der Waals surface area contributed by atoms with E-state index >= 15 is 0 Å². The fourth-order valence-electron chi connectivity index (χ4n) is 2.69. The van der Waals surface area contributed by atoms with Gasteiger partial charge in [-0.05, 0) is 18.2 Å². The molecule has 25 heavy (non-hydrogen) atoms. The molecule has 1 aliphatic heterocycles. The summed E-state index contributed by atoms with van der Waals surface area (Å²) in [6.45, 7) is 7.37. The second-order valence-corrected chi connectivity index (χ2v) is 9.64. The second-order valence-electron chi connectivity index (χ2n) is 7.25. The highest BCUT2D eigenvalue weighted by Gasteiger charge is 2.31. The van der Waals surface area contributed by atoms with Gasteiger partial charge in [0.25, 0.3) is 5.91 Å². The second kappa shape index (κ2) is 6.96. The van der Waals surface area contributed by atoms with Crippen molar-refractivity contribution in [2.24, 2.45) is 5.41 Å². The molecule has 1 aliphatic rings. The minimum Gasteiger partial charge on any atom is -0.339 e. The third-order valence-corrected chi connectivity index (χ3v) is 5.65. The molecule has 1 fully saturated rings. The predicted molar refractivity (Wildman–Crippen MR) is 96.5 cm³/mol. The molecule has 1 heterocycles. The first kappa shape index (κ1) is 19.7. The Labute approximate surface area is 153 Å². The first-order chi connectivity index (χ1) is 11.4. The van der Waals surface area contributed by atoms with Crippen molar-refractivity contribution in [3.8, 4) is 0 Å². The lowest BCUT2D eigenvalue weighted by Crippen LogP contribution is -2.53. The van der Waals surface area contributed by atoms with Crippen LogP contribution in [0.25, 0.3) is 0 Å². The van der Waals surface area contributed by atoms with E-state index in [1.807, 2.05) is 20.8 Å². The maximum atomic E-state index is 12.6.